The molecule has 1 aliphatic carbocycles. The normalized spacial score (nSPS) is 40.7. The summed E-state index contributed by atoms with van der Waals surface area (Å²) in [5.74, 6) is 1.04. The maximum Gasteiger partial charge on any atom is 0.240 e. The van der Waals surface area contributed by atoms with E-state index in [1.807, 2.05) is 0 Å². The van der Waals surface area contributed by atoms with Crippen molar-refractivity contribution in [1.29, 1.82) is 0 Å². The topological polar surface area (TPSA) is 64.4 Å². The van der Waals surface area contributed by atoms with Crippen LogP contribution in [-0.2, 0) is 9.53 Å². The van der Waals surface area contributed by atoms with Crippen molar-refractivity contribution in [2.45, 2.75) is 57.6 Å². The number of carbonyl (C=O) groups is 1. The molecule has 2 aliphatic rings. The Kier molecular flexibility index (Phi) is 4.28. The van der Waals surface area contributed by atoms with Gasteiger partial charge in [0.2, 0.25) is 5.91 Å². The van der Waals surface area contributed by atoms with Crippen molar-refractivity contribution in [2.24, 2.45) is 17.6 Å². The van der Waals surface area contributed by atoms with Gasteiger partial charge in [-0.25, -0.2) is 0 Å². The van der Waals surface area contributed by atoms with Crippen LogP contribution in [0.1, 0.15) is 46.0 Å². The van der Waals surface area contributed by atoms with E-state index in [1.54, 1.807) is 0 Å². The summed E-state index contributed by atoms with van der Waals surface area (Å²) >= 11 is 0. The summed E-state index contributed by atoms with van der Waals surface area (Å²) in [6, 6.07) is 0. The predicted octanol–water partition coefficient (Wildman–Crippen LogP) is 1.44. The lowest BCUT2D eigenvalue weighted by molar-refractivity contribution is -0.128. The van der Waals surface area contributed by atoms with Crippen molar-refractivity contribution >= 4 is 5.91 Å². The van der Waals surface area contributed by atoms with Gasteiger partial charge in [-0.05, 0) is 32.1 Å². The van der Waals surface area contributed by atoms with Gasteiger partial charge in [0.05, 0.1) is 11.6 Å². The average Bonchev–Trinajstić information content (AvgIpc) is 2.71. The first kappa shape index (κ1) is 13.8. The molecule has 3 N–H and O–H groups in total. The largest absolute Gasteiger partial charge is 0.378 e. The summed E-state index contributed by atoms with van der Waals surface area (Å²) in [5, 5.41) is 3.04. The van der Waals surface area contributed by atoms with Gasteiger partial charge in [-0.2, -0.15) is 0 Å². The molecule has 1 aliphatic heterocycles. The molecule has 4 atom stereocenters. The fraction of sp³-hybridized carbons (Fsp3) is 0.929. The van der Waals surface area contributed by atoms with Crippen LogP contribution in [0.3, 0.4) is 0 Å². The summed E-state index contributed by atoms with van der Waals surface area (Å²) in [5.41, 5.74) is 5.63. The van der Waals surface area contributed by atoms with Gasteiger partial charge in [-0.1, -0.05) is 19.8 Å². The van der Waals surface area contributed by atoms with Gasteiger partial charge in [-0.3, -0.25) is 4.79 Å². The minimum atomic E-state index is -0.639. The number of hydrogen-bond donors (Lipinski definition) is 2. The van der Waals surface area contributed by atoms with Crippen molar-refractivity contribution < 1.29 is 9.53 Å². The van der Waals surface area contributed by atoms with Crippen LogP contribution in [0.4, 0.5) is 0 Å². The Morgan fingerprint density at radius 1 is 1.44 bits per heavy atom. The summed E-state index contributed by atoms with van der Waals surface area (Å²) in [6.07, 6.45) is 5.18. The highest BCUT2D eigenvalue weighted by Gasteiger charge is 2.38. The van der Waals surface area contributed by atoms with Gasteiger partial charge >= 0.3 is 0 Å². The highest BCUT2D eigenvalue weighted by atomic mass is 16.5. The van der Waals surface area contributed by atoms with Crippen LogP contribution < -0.4 is 11.1 Å². The van der Waals surface area contributed by atoms with E-state index in [9.17, 15) is 4.79 Å². The second-order valence-electron chi connectivity index (χ2n) is 6.19. The number of nitrogens with two attached hydrogens (primary N) is 1. The van der Waals surface area contributed by atoms with E-state index in [1.165, 1.54) is 6.42 Å². The molecule has 1 heterocycles. The molecule has 0 aromatic heterocycles. The second kappa shape index (κ2) is 5.57. The Balaban J connectivity index is 1.83. The lowest BCUT2D eigenvalue weighted by Crippen LogP contribution is -2.57. The number of ether oxygens (including phenoxy) is 1. The molecule has 0 spiro atoms. The minimum Gasteiger partial charge on any atom is -0.378 e. The number of rotatable bonds is 3. The number of amides is 1. The molecule has 18 heavy (non-hydrogen) atoms. The smallest absolute Gasteiger partial charge is 0.240 e. The summed E-state index contributed by atoms with van der Waals surface area (Å²) < 4.78 is 5.50. The van der Waals surface area contributed by atoms with Crippen LogP contribution in [0.15, 0.2) is 0 Å². The van der Waals surface area contributed by atoms with Crippen molar-refractivity contribution in [3.05, 3.63) is 0 Å². The standard InChI is InChI=1S/C14H26N2O2/c1-10-4-3-6-14(15,8-10)13(17)16-9-12-5-7-18-11(12)2/h10-12H,3-9,15H2,1-2H3,(H,16,17). The zero-order valence-electron chi connectivity index (χ0n) is 11.6. The highest BCUT2D eigenvalue weighted by molar-refractivity contribution is 5.86. The maximum absolute atomic E-state index is 12.3. The molecule has 2 rings (SSSR count). The Bertz CT molecular complexity index is 308. The van der Waals surface area contributed by atoms with Crippen LogP contribution in [-0.4, -0.2) is 30.7 Å². The van der Waals surface area contributed by atoms with Crippen LogP contribution in [0.25, 0.3) is 0 Å². The number of hydrogen-bond acceptors (Lipinski definition) is 3. The molecule has 2 fully saturated rings. The lowest BCUT2D eigenvalue weighted by atomic mass is 9.76. The molecular formula is C14H26N2O2. The van der Waals surface area contributed by atoms with Gasteiger partial charge in [0, 0.05) is 19.1 Å². The Hall–Kier alpha value is -0.610. The third-order valence-electron chi connectivity index (χ3n) is 4.54. The third-order valence-corrected chi connectivity index (χ3v) is 4.54. The summed E-state index contributed by atoms with van der Waals surface area (Å²) in [4.78, 5) is 12.3. The first-order valence-electron chi connectivity index (χ1n) is 7.20. The van der Waals surface area contributed by atoms with E-state index in [0.717, 1.165) is 32.3 Å². The lowest BCUT2D eigenvalue weighted by Gasteiger charge is -2.35. The molecule has 0 radical (unpaired) electrons. The molecule has 1 saturated carbocycles. The second-order valence-corrected chi connectivity index (χ2v) is 6.19. The Labute approximate surface area is 110 Å². The maximum atomic E-state index is 12.3. The molecular weight excluding hydrogens is 228 g/mol. The molecule has 0 aromatic rings. The van der Waals surface area contributed by atoms with Crippen LogP contribution >= 0.6 is 0 Å². The number of nitrogens with one attached hydrogen (secondary N) is 1. The molecule has 4 nitrogen and oxygen atoms in total. The van der Waals surface area contributed by atoms with Gasteiger partial charge in [0.1, 0.15) is 0 Å². The first-order valence-corrected chi connectivity index (χ1v) is 7.20. The fourth-order valence-electron chi connectivity index (χ4n) is 3.24. The molecule has 104 valence electrons. The molecule has 4 unspecified atom stereocenters. The fourth-order valence-corrected chi connectivity index (χ4v) is 3.24. The Morgan fingerprint density at radius 3 is 2.83 bits per heavy atom. The van der Waals surface area contributed by atoms with E-state index < -0.39 is 5.54 Å². The van der Waals surface area contributed by atoms with Gasteiger partial charge in [-0.15, -0.1) is 0 Å². The van der Waals surface area contributed by atoms with Gasteiger partial charge in [0.15, 0.2) is 0 Å². The monoisotopic (exact) mass is 254 g/mol. The quantitative estimate of drug-likeness (QED) is 0.801. The summed E-state index contributed by atoms with van der Waals surface area (Å²) in [7, 11) is 0. The van der Waals surface area contributed by atoms with Crippen LogP contribution in [0, 0.1) is 11.8 Å². The predicted molar refractivity (Wildman–Crippen MR) is 71.1 cm³/mol. The van der Waals surface area contributed by atoms with Crippen molar-refractivity contribution in [3.8, 4) is 0 Å². The van der Waals surface area contributed by atoms with Crippen molar-refractivity contribution in [2.75, 3.05) is 13.2 Å². The highest BCUT2D eigenvalue weighted by Crippen LogP contribution is 2.30. The third kappa shape index (κ3) is 3.04. The van der Waals surface area contributed by atoms with E-state index in [2.05, 4.69) is 19.2 Å². The van der Waals surface area contributed by atoms with E-state index in [-0.39, 0.29) is 12.0 Å². The summed E-state index contributed by atoms with van der Waals surface area (Å²) in [6.45, 7) is 5.77. The molecule has 1 amide bonds. The van der Waals surface area contributed by atoms with Crippen LogP contribution in [0.2, 0.25) is 0 Å². The van der Waals surface area contributed by atoms with Gasteiger partial charge < -0.3 is 15.8 Å². The van der Waals surface area contributed by atoms with Crippen molar-refractivity contribution in [1.82, 2.24) is 5.32 Å². The number of carbonyl (C=O) groups excluding carboxylic acids is 1. The first-order chi connectivity index (χ1) is 8.51. The molecule has 1 saturated heterocycles. The van der Waals surface area contributed by atoms with Crippen molar-refractivity contribution in [3.63, 3.8) is 0 Å². The van der Waals surface area contributed by atoms with E-state index in [0.29, 0.717) is 18.4 Å². The van der Waals surface area contributed by atoms with E-state index in [4.69, 9.17) is 10.5 Å². The zero-order valence-corrected chi connectivity index (χ0v) is 11.6. The molecule has 4 heteroatoms. The average molecular weight is 254 g/mol. The SMILES string of the molecule is CC1CCCC(N)(C(=O)NCC2CCOC2C)C1. The van der Waals surface area contributed by atoms with E-state index >= 15 is 0 Å². The molecule has 0 aromatic carbocycles. The minimum absolute atomic E-state index is 0.0353. The Morgan fingerprint density at radius 2 is 2.22 bits per heavy atom. The van der Waals surface area contributed by atoms with Gasteiger partial charge in [0.25, 0.3) is 0 Å². The zero-order chi connectivity index (χ0) is 13.2. The van der Waals surface area contributed by atoms with Crippen LogP contribution in [0.5, 0.6) is 0 Å². The molecule has 0 bridgehead atoms.